The van der Waals surface area contributed by atoms with Gasteiger partial charge in [-0.05, 0) is 18.2 Å². The predicted octanol–water partition coefficient (Wildman–Crippen LogP) is 2.82. The van der Waals surface area contributed by atoms with E-state index in [1.54, 1.807) is 36.2 Å². The molecule has 0 aliphatic rings. The average molecular weight is 268 g/mol. The molecule has 0 aromatic heterocycles. The van der Waals surface area contributed by atoms with E-state index in [1.807, 2.05) is 6.07 Å². The fraction of sp³-hybridized carbons (Fsp3) is 0.0714. The van der Waals surface area contributed by atoms with E-state index >= 15 is 0 Å². The van der Waals surface area contributed by atoms with Crippen molar-refractivity contribution in [3.63, 3.8) is 0 Å². The molecule has 0 amide bonds. The average Bonchev–Trinajstić information content (AvgIpc) is 2.46. The summed E-state index contributed by atoms with van der Waals surface area (Å²) in [6.45, 7) is 0. The standard InChI is InChI=1S/C14H12N4O2/c1-17(13-5-3-2-4-10(13)9-15)14-7-6-11(18(19)20)8-12(14)16/h2-8H,16H2,1H3. The van der Waals surface area contributed by atoms with Gasteiger partial charge in [0.25, 0.3) is 5.69 Å². The number of nitro groups is 1. The van der Waals surface area contributed by atoms with Crippen molar-refractivity contribution in [2.24, 2.45) is 0 Å². The highest BCUT2D eigenvalue weighted by Crippen LogP contribution is 2.33. The third kappa shape index (κ3) is 2.37. The van der Waals surface area contributed by atoms with Crippen molar-refractivity contribution < 1.29 is 4.92 Å². The smallest absolute Gasteiger partial charge is 0.271 e. The van der Waals surface area contributed by atoms with Crippen molar-refractivity contribution in [3.8, 4) is 6.07 Å². The molecule has 0 aliphatic carbocycles. The highest BCUT2D eigenvalue weighted by atomic mass is 16.6. The molecule has 0 atom stereocenters. The summed E-state index contributed by atoms with van der Waals surface area (Å²) in [4.78, 5) is 11.9. The van der Waals surface area contributed by atoms with Crippen molar-refractivity contribution in [1.29, 1.82) is 5.26 Å². The van der Waals surface area contributed by atoms with Crippen LogP contribution in [0.5, 0.6) is 0 Å². The zero-order valence-corrected chi connectivity index (χ0v) is 10.8. The lowest BCUT2D eigenvalue weighted by Gasteiger charge is -2.22. The Balaban J connectivity index is 2.46. The summed E-state index contributed by atoms with van der Waals surface area (Å²) in [5.41, 5.74) is 7.89. The molecule has 0 fully saturated rings. The normalized spacial score (nSPS) is 9.80. The number of hydrogen-bond acceptors (Lipinski definition) is 5. The van der Waals surface area contributed by atoms with Gasteiger partial charge in [-0.2, -0.15) is 5.26 Å². The zero-order valence-electron chi connectivity index (χ0n) is 10.8. The Hall–Kier alpha value is -3.07. The lowest BCUT2D eigenvalue weighted by atomic mass is 10.1. The van der Waals surface area contributed by atoms with Crippen LogP contribution in [0.15, 0.2) is 42.5 Å². The maximum absolute atomic E-state index is 10.7. The number of hydrogen-bond donors (Lipinski definition) is 1. The molecule has 2 rings (SSSR count). The van der Waals surface area contributed by atoms with Crippen LogP contribution in [0.25, 0.3) is 0 Å². The van der Waals surface area contributed by atoms with E-state index in [4.69, 9.17) is 11.0 Å². The lowest BCUT2D eigenvalue weighted by Crippen LogP contribution is -2.13. The molecule has 2 aromatic carbocycles. The highest BCUT2D eigenvalue weighted by Gasteiger charge is 2.14. The minimum atomic E-state index is -0.497. The number of nitrogen functional groups attached to an aromatic ring is 1. The van der Waals surface area contributed by atoms with Crippen molar-refractivity contribution in [2.75, 3.05) is 17.7 Å². The Morgan fingerprint density at radius 1 is 1.25 bits per heavy atom. The first-order valence-electron chi connectivity index (χ1n) is 5.81. The largest absolute Gasteiger partial charge is 0.397 e. The van der Waals surface area contributed by atoms with Gasteiger partial charge in [0.05, 0.1) is 27.5 Å². The van der Waals surface area contributed by atoms with Crippen LogP contribution >= 0.6 is 0 Å². The van der Waals surface area contributed by atoms with Crippen molar-refractivity contribution in [3.05, 3.63) is 58.1 Å². The fourth-order valence-electron chi connectivity index (χ4n) is 1.95. The number of nitrogens with zero attached hydrogens (tertiary/aromatic N) is 3. The maximum atomic E-state index is 10.7. The molecule has 0 bridgehead atoms. The molecule has 6 nitrogen and oxygen atoms in total. The van der Waals surface area contributed by atoms with Gasteiger partial charge in [-0.15, -0.1) is 0 Å². The summed E-state index contributed by atoms with van der Waals surface area (Å²) < 4.78 is 0. The van der Waals surface area contributed by atoms with Crippen LogP contribution in [0, 0.1) is 21.4 Å². The van der Waals surface area contributed by atoms with Crippen LogP contribution in [0.3, 0.4) is 0 Å². The first-order valence-corrected chi connectivity index (χ1v) is 5.81. The van der Waals surface area contributed by atoms with Crippen LogP contribution in [-0.2, 0) is 0 Å². The first-order chi connectivity index (χ1) is 9.54. The Morgan fingerprint density at radius 3 is 2.55 bits per heavy atom. The summed E-state index contributed by atoms with van der Waals surface area (Å²) >= 11 is 0. The number of nitrogens with two attached hydrogens (primary N) is 1. The number of anilines is 3. The third-order valence-electron chi connectivity index (χ3n) is 2.97. The van der Waals surface area contributed by atoms with Crippen LogP contribution in [-0.4, -0.2) is 12.0 Å². The van der Waals surface area contributed by atoms with Crippen LogP contribution < -0.4 is 10.6 Å². The van der Waals surface area contributed by atoms with Gasteiger partial charge in [0.1, 0.15) is 6.07 Å². The molecular formula is C14H12N4O2. The molecule has 0 radical (unpaired) electrons. The van der Waals surface area contributed by atoms with Crippen molar-refractivity contribution in [2.45, 2.75) is 0 Å². The van der Waals surface area contributed by atoms with E-state index in [1.165, 1.54) is 12.1 Å². The minimum absolute atomic E-state index is 0.0618. The molecule has 0 aliphatic heterocycles. The molecule has 100 valence electrons. The van der Waals surface area contributed by atoms with E-state index in [0.717, 1.165) is 0 Å². The number of nitriles is 1. The van der Waals surface area contributed by atoms with Gasteiger partial charge in [-0.3, -0.25) is 10.1 Å². The Bertz CT molecular complexity index is 707. The third-order valence-corrected chi connectivity index (χ3v) is 2.97. The summed E-state index contributed by atoms with van der Waals surface area (Å²) in [6.07, 6.45) is 0. The quantitative estimate of drug-likeness (QED) is 0.524. The van der Waals surface area contributed by atoms with Crippen molar-refractivity contribution >= 4 is 22.7 Å². The van der Waals surface area contributed by atoms with Crippen LogP contribution in [0.2, 0.25) is 0 Å². The zero-order chi connectivity index (χ0) is 14.7. The van der Waals surface area contributed by atoms with Crippen LogP contribution in [0.1, 0.15) is 5.56 Å². The summed E-state index contributed by atoms with van der Waals surface area (Å²) in [7, 11) is 1.76. The van der Waals surface area contributed by atoms with Crippen molar-refractivity contribution in [1.82, 2.24) is 0 Å². The topological polar surface area (TPSA) is 96.2 Å². The molecule has 0 heterocycles. The molecular weight excluding hydrogens is 256 g/mol. The Labute approximate surface area is 115 Å². The van der Waals surface area contributed by atoms with Gasteiger partial charge in [0.15, 0.2) is 0 Å². The molecule has 2 aromatic rings. The lowest BCUT2D eigenvalue weighted by molar-refractivity contribution is -0.384. The second kappa shape index (κ2) is 5.28. The molecule has 2 N–H and O–H groups in total. The molecule has 0 saturated heterocycles. The SMILES string of the molecule is CN(c1ccc([N+](=O)[O-])cc1N)c1ccccc1C#N. The van der Waals surface area contributed by atoms with Gasteiger partial charge in [-0.25, -0.2) is 0 Å². The number of para-hydroxylation sites is 1. The van der Waals surface area contributed by atoms with Gasteiger partial charge < -0.3 is 10.6 Å². The minimum Gasteiger partial charge on any atom is -0.397 e. The number of benzene rings is 2. The molecule has 0 spiro atoms. The van der Waals surface area contributed by atoms with E-state index < -0.39 is 4.92 Å². The van der Waals surface area contributed by atoms with Crippen LogP contribution in [0.4, 0.5) is 22.7 Å². The molecule has 0 saturated carbocycles. The molecule has 20 heavy (non-hydrogen) atoms. The van der Waals surface area contributed by atoms with E-state index in [-0.39, 0.29) is 11.4 Å². The van der Waals surface area contributed by atoms with Gasteiger partial charge in [0, 0.05) is 19.2 Å². The summed E-state index contributed by atoms with van der Waals surface area (Å²) in [5.74, 6) is 0. The van der Waals surface area contributed by atoms with E-state index in [9.17, 15) is 10.1 Å². The Kier molecular flexibility index (Phi) is 3.53. The predicted molar refractivity (Wildman–Crippen MR) is 76.7 cm³/mol. The number of nitro benzene ring substituents is 1. The molecule has 0 unspecified atom stereocenters. The van der Waals surface area contributed by atoms with Gasteiger partial charge in [0.2, 0.25) is 0 Å². The summed E-state index contributed by atoms with van der Waals surface area (Å²) in [6, 6.07) is 13.4. The highest BCUT2D eigenvalue weighted by molar-refractivity contribution is 5.78. The molecule has 6 heteroatoms. The maximum Gasteiger partial charge on any atom is 0.271 e. The number of rotatable bonds is 3. The first kappa shape index (κ1) is 13.4. The number of non-ortho nitro benzene ring substituents is 1. The Morgan fingerprint density at radius 2 is 1.95 bits per heavy atom. The van der Waals surface area contributed by atoms with Gasteiger partial charge >= 0.3 is 0 Å². The summed E-state index contributed by atoms with van der Waals surface area (Å²) in [5, 5.41) is 19.8. The van der Waals surface area contributed by atoms with Gasteiger partial charge in [-0.1, -0.05) is 12.1 Å². The second-order valence-electron chi connectivity index (χ2n) is 4.19. The monoisotopic (exact) mass is 268 g/mol. The van der Waals surface area contributed by atoms with E-state index in [2.05, 4.69) is 6.07 Å². The fourth-order valence-corrected chi connectivity index (χ4v) is 1.95. The van der Waals surface area contributed by atoms with E-state index in [0.29, 0.717) is 16.9 Å². The second-order valence-corrected chi connectivity index (χ2v) is 4.19.